The summed E-state index contributed by atoms with van der Waals surface area (Å²) >= 11 is 1.38. The molecule has 0 saturated carbocycles. The topological polar surface area (TPSA) is 123 Å². The third-order valence-electron chi connectivity index (χ3n) is 4.06. The second-order valence-electron chi connectivity index (χ2n) is 6.06. The highest BCUT2D eigenvalue weighted by Gasteiger charge is 2.30. The van der Waals surface area contributed by atoms with Crippen LogP contribution in [-0.4, -0.2) is 48.9 Å². The maximum Gasteiger partial charge on any atom is 0.338 e. The fourth-order valence-corrected chi connectivity index (χ4v) is 3.61. The first kappa shape index (κ1) is 19.7. The number of esters is 2. The van der Waals surface area contributed by atoms with Crippen molar-refractivity contribution in [2.75, 3.05) is 24.3 Å². The maximum atomic E-state index is 12.4. The number of anilines is 1. The molecule has 10 heteroatoms. The van der Waals surface area contributed by atoms with Crippen LogP contribution in [0.2, 0.25) is 0 Å². The van der Waals surface area contributed by atoms with E-state index in [-0.39, 0.29) is 36.0 Å². The molecule has 3 amide bonds. The average Bonchev–Trinajstić information content (AvgIpc) is 2.65. The molecule has 0 bridgehead atoms. The standard InChI is InChI=1S/C18H19N3O6S/c1-3-26-17(24)15-9(2)19-18(25)21-12(15)7-27-16(23)10-4-5-13-11(6-10)20-14(22)8-28-13/h4-6,9H,3,7-8H2,1-2H3,(H,20,22)(H2,19,21,25)/t9-/m1/s1. The number of nitrogens with one attached hydrogen (secondary N) is 3. The van der Waals surface area contributed by atoms with Crippen molar-refractivity contribution >= 4 is 41.3 Å². The SMILES string of the molecule is CCOC(=O)C1=C(COC(=O)c2ccc3c(c2)NC(=O)CS3)NC(=O)N[C@@H]1C. The summed E-state index contributed by atoms with van der Waals surface area (Å²) < 4.78 is 10.3. The van der Waals surface area contributed by atoms with Crippen molar-refractivity contribution < 1.29 is 28.7 Å². The van der Waals surface area contributed by atoms with Crippen LogP contribution in [0.5, 0.6) is 0 Å². The average molecular weight is 405 g/mol. The van der Waals surface area contributed by atoms with Crippen molar-refractivity contribution in [1.29, 1.82) is 0 Å². The van der Waals surface area contributed by atoms with Crippen LogP contribution < -0.4 is 16.0 Å². The van der Waals surface area contributed by atoms with Crippen molar-refractivity contribution in [3.05, 3.63) is 35.0 Å². The van der Waals surface area contributed by atoms with Crippen molar-refractivity contribution in [3.8, 4) is 0 Å². The van der Waals surface area contributed by atoms with Gasteiger partial charge in [0.2, 0.25) is 5.91 Å². The van der Waals surface area contributed by atoms with Crippen LogP contribution in [0.3, 0.4) is 0 Å². The summed E-state index contributed by atoms with van der Waals surface area (Å²) in [5, 5.41) is 7.76. The highest BCUT2D eigenvalue weighted by molar-refractivity contribution is 8.00. The van der Waals surface area contributed by atoms with Crippen molar-refractivity contribution in [2.24, 2.45) is 0 Å². The zero-order chi connectivity index (χ0) is 20.3. The number of fused-ring (bicyclic) bond motifs is 1. The van der Waals surface area contributed by atoms with Gasteiger partial charge in [-0.05, 0) is 32.0 Å². The summed E-state index contributed by atoms with van der Waals surface area (Å²) in [6.07, 6.45) is 0. The largest absolute Gasteiger partial charge is 0.463 e. The second kappa shape index (κ2) is 8.34. The molecule has 2 heterocycles. The lowest BCUT2D eigenvalue weighted by Gasteiger charge is -2.26. The van der Waals surface area contributed by atoms with Gasteiger partial charge >= 0.3 is 18.0 Å². The Morgan fingerprint density at radius 2 is 1.96 bits per heavy atom. The lowest BCUT2D eigenvalue weighted by molar-refractivity contribution is -0.139. The van der Waals surface area contributed by atoms with E-state index in [0.717, 1.165) is 4.90 Å². The van der Waals surface area contributed by atoms with Crippen LogP contribution in [-0.2, 0) is 19.1 Å². The van der Waals surface area contributed by atoms with E-state index in [2.05, 4.69) is 16.0 Å². The number of rotatable bonds is 5. The Morgan fingerprint density at radius 3 is 2.71 bits per heavy atom. The number of hydrogen-bond donors (Lipinski definition) is 3. The van der Waals surface area contributed by atoms with Gasteiger partial charge in [-0.15, -0.1) is 11.8 Å². The van der Waals surface area contributed by atoms with Gasteiger partial charge in [-0.2, -0.15) is 0 Å². The quantitative estimate of drug-likeness (QED) is 0.633. The van der Waals surface area contributed by atoms with Crippen molar-refractivity contribution in [1.82, 2.24) is 10.6 Å². The number of ether oxygens (including phenoxy) is 2. The van der Waals surface area contributed by atoms with E-state index in [4.69, 9.17) is 9.47 Å². The van der Waals surface area contributed by atoms with Gasteiger partial charge in [0, 0.05) is 4.90 Å². The third-order valence-corrected chi connectivity index (χ3v) is 5.13. The Kier molecular flexibility index (Phi) is 5.88. The molecule has 0 spiro atoms. The number of benzene rings is 1. The molecule has 9 nitrogen and oxygen atoms in total. The van der Waals surface area contributed by atoms with E-state index < -0.39 is 24.0 Å². The van der Waals surface area contributed by atoms with E-state index >= 15 is 0 Å². The molecule has 2 aliphatic heterocycles. The summed E-state index contributed by atoms with van der Waals surface area (Å²) in [6.45, 7) is 3.18. The molecule has 1 atom stereocenters. The number of carbonyl (C=O) groups is 4. The monoisotopic (exact) mass is 405 g/mol. The van der Waals surface area contributed by atoms with Gasteiger partial charge in [-0.1, -0.05) is 0 Å². The van der Waals surface area contributed by atoms with Crippen LogP contribution in [0.25, 0.3) is 0 Å². The third kappa shape index (κ3) is 4.28. The normalized spacial score (nSPS) is 18.4. The van der Waals surface area contributed by atoms with Gasteiger partial charge in [-0.3, -0.25) is 4.79 Å². The highest BCUT2D eigenvalue weighted by atomic mass is 32.2. The second-order valence-corrected chi connectivity index (χ2v) is 7.07. The van der Waals surface area contributed by atoms with Crippen LogP contribution in [0.15, 0.2) is 34.4 Å². The molecule has 0 aliphatic carbocycles. The Labute approximate surface area is 165 Å². The van der Waals surface area contributed by atoms with E-state index in [0.29, 0.717) is 11.4 Å². The first-order valence-electron chi connectivity index (χ1n) is 8.60. The maximum absolute atomic E-state index is 12.4. The molecule has 0 fully saturated rings. The fraction of sp³-hybridized carbons (Fsp3) is 0.333. The molecule has 0 saturated heterocycles. The van der Waals surface area contributed by atoms with Crippen LogP contribution >= 0.6 is 11.8 Å². The molecule has 2 aliphatic rings. The molecule has 148 valence electrons. The highest BCUT2D eigenvalue weighted by Crippen LogP contribution is 2.32. The Morgan fingerprint density at radius 1 is 1.18 bits per heavy atom. The van der Waals surface area contributed by atoms with Crippen molar-refractivity contribution in [2.45, 2.75) is 24.8 Å². The molecule has 0 aromatic heterocycles. The first-order chi connectivity index (χ1) is 13.4. The summed E-state index contributed by atoms with van der Waals surface area (Å²) in [6, 6.07) is 3.77. The van der Waals surface area contributed by atoms with Crippen LogP contribution in [0, 0.1) is 0 Å². The molecule has 3 rings (SSSR count). The summed E-state index contributed by atoms with van der Waals surface area (Å²) in [5.74, 6) is -1.06. The molecule has 1 aromatic carbocycles. The molecule has 3 N–H and O–H groups in total. The van der Waals surface area contributed by atoms with Crippen LogP contribution in [0.1, 0.15) is 24.2 Å². The van der Waals surface area contributed by atoms with Gasteiger partial charge in [0.1, 0.15) is 6.61 Å². The molecule has 1 aromatic rings. The van der Waals surface area contributed by atoms with Gasteiger partial charge in [0.15, 0.2) is 0 Å². The first-order valence-corrected chi connectivity index (χ1v) is 9.59. The lowest BCUT2D eigenvalue weighted by atomic mass is 10.0. The zero-order valence-electron chi connectivity index (χ0n) is 15.3. The minimum Gasteiger partial charge on any atom is -0.463 e. The molecular weight excluding hydrogens is 386 g/mol. The minimum absolute atomic E-state index is 0.140. The smallest absolute Gasteiger partial charge is 0.338 e. The van der Waals surface area contributed by atoms with Gasteiger partial charge in [0.05, 0.1) is 40.9 Å². The number of thioether (sulfide) groups is 1. The predicted molar refractivity (Wildman–Crippen MR) is 101 cm³/mol. The summed E-state index contributed by atoms with van der Waals surface area (Å²) in [5.41, 5.74) is 1.16. The molecule has 0 radical (unpaired) electrons. The predicted octanol–water partition coefficient (Wildman–Crippen LogP) is 1.41. The number of amides is 3. The number of carbonyl (C=O) groups excluding carboxylic acids is 4. The minimum atomic E-state index is -0.649. The van der Waals surface area contributed by atoms with E-state index in [9.17, 15) is 19.2 Å². The zero-order valence-corrected chi connectivity index (χ0v) is 16.1. The summed E-state index contributed by atoms with van der Waals surface area (Å²) in [7, 11) is 0. The summed E-state index contributed by atoms with van der Waals surface area (Å²) in [4.78, 5) is 48.7. The van der Waals surface area contributed by atoms with E-state index in [1.807, 2.05) is 0 Å². The van der Waals surface area contributed by atoms with Crippen LogP contribution in [0.4, 0.5) is 10.5 Å². The number of urea groups is 1. The van der Waals surface area contributed by atoms with Crippen molar-refractivity contribution in [3.63, 3.8) is 0 Å². The molecule has 28 heavy (non-hydrogen) atoms. The molecule has 0 unspecified atom stereocenters. The lowest BCUT2D eigenvalue weighted by Crippen LogP contribution is -2.50. The van der Waals surface area contributed by atoms with E-state index in [1.165, 1.54) is 17.8 Å². The van der Waals surface area contributed by atoms with Gasteiger partial charge in [0.25, 0.3) is 0 Å². The Balaban J connectivity index is 1.75. The fourth-order valence-electron chi connectivity index (χ4n) is 2.82. The Hall–Kier alpha value is -3.01. The van der Waals surface area contributed by atoms with E-state index in [1.54, 1.807) is 26.0 Å². The molecular formula is C18H19N3O6S. The Bertz CT molecular complexity index is 882. The van der Waals surface area contributed by atoms with Gasteiger partial charge < -0.3 is 25.4 Å². The van der Waals surface area contributed by atoms with Gasteiger partial charge in [-0.25, -0.2) is 14.4 Å². The number of hydrogen-bond acceptors (Lipinski definition) is 7.